The topological polar surface area (TPSA) is 192 Å². The molecule has 2 fully saturated rings. The van der Waals surface area contributed by atoms with Crippen LogP contribution in [-0.4, -0.2) is 81.3 Å². The summed E-state index contributed by atoms with van der Waals surface area (Å²) in [5.41, 5.74) is 8.56. The molecule has 0 atom stereocenters. The Morgan fingerprint density at radius 3 is 2.31 bits per heavy atom. The van der Waals surface area contributed by atoms with Crippen molar-refractivity contribution in [3.8, 4) is 22.8 Å². The second-order valence-corrected chi connectivity index (χ2v) is 17.5. The predicted molar refractivity (Wildman–Crippen MR) is 244 cm³/mol. The zero-order valence-electron chi connectivity index (χ0n) is 34.8. The van der Waals surface area contributed by atoms with Crippen molar-refractivity contribution in [2.45, 2.75) is 24.3 Å². The maximum absolute atomic E-state index is 13.3. The number of anilines is 4. The standard InChI is InChI=1S/C48H47N7O8S/c56-46(53-64(59,60)38-15-16-40(41(29-38)52-58)49-30-32-20-26-61-27-21-32)33-10-13-37(14-11-33)55-24-22-54(23-25-55)31-35-8-4-5-9-39(35)43-18-19-45(62-43)47(57)50-36-12-17-44-42(28-36)51-48(63-44)34-6-2-1-3-7-34/h1-19,28-29,32,49,52,58H,20-27,30-31H2,(H,50,57)(H,53,56). The fourth-order valence-electron chi connectivity index (χ4n) is 8.02. The van der Waals surface area contributed by atoms with E-state index in [0.29, 0.717) is 66.3 Å². The number of carbonyl (C=O) groups excluding carboxylic acids is 2. The van der Waals surface area contributed by atoms with E-state index in [1.165, 1.54) is 12.1 Å². The van der Waals surface area contributed by atoms with E-state index >= 15 is 0 Å². The van der Waals surface area contributed by atoms with Gasteiger partial charge in [0.05, 0.1) is 16.3 Å². The molecule has 2 aliphatic heterocycles. The van der Waals surface area contributed by atoms with Crippen molar-refractivity contribution in [3.63, 3.8) is 0 Å². The highest BCUT2D eigenvalue weighted by atomic mass is 32.2. The molecule has 64 heavy (non-hydrogen) atoms. The molecular weight excluding hydrogens is 835 g/mol. The summed E-state index contributed by atoms with van der Waals surface area (Å²) in [7, 11) is -4.24. The highest BCUT2D eigenvalue weighted by Crippen LogP contribution is 2.31. The first-order chi connectivity index (χ1) is 31.2. The van der Waals surface area contributed by atoms with Crippen LogP contribution in [-0.2, 0) is 21.3 Å². The van der Waals surface area contributed by atoms with Crippen molar-refractivity contribution in [3.05, 3.63) is 144 Å². The lowest BCUT2D eigenvalue weighted by Gasteiger charge is -2.36. The minimum absolute atomic E-state index is 0.167. The number of hydrogen-bond donors (Lipinski definition) is 5. The average Bonchev–Trinajstić information content (AvgIpc) is 4.00. The number of piperazine rings is 1. The van der Waals surface area contributed by atoms with Gasteiger partial charge in [-0.05, 0) is 109 Å². The van der Waals surface area contributed by atoms with Crippen molar-refractivity contribution in [1.82, 2.24) is 14.6 Å². The Balaban J connectivity index is 0.774. The number of benzene rings is 5. The third-order valence-electron chi connectivity index (χ3n) is 11.6. The molecule has 0 bridgehead atoms. The molecule has 9 rings (SSSR count). The van der Waals surface area contributed by atoms with Crippen LogP contribution in [0.3, 0.4) is 0 Å². The van der Waals surface area contributed by atoms with Gasteiger partial charge >= 0.3 is 0 Å². The number of ether oxygens (including phenoxy) is 1. The molecule has 5 aromatic carbocycles. The van der Waals surface area contributed by atoms with Crippen LogP contribution in [0.4, 0.5) is 22.7 Å². The molecule has 2 saturated heterocycles. The SMILES string of the molecule is O=C(NS(=O)(=O)c1ccc(NCC2CCOCC2)c(NO)c1)c1ccc(N2CCN(Cc3ccccc3-c3ccc(C(=O)Nc4ccc5oc(-c6ccccc6)nc5c4)o3)CC2)cc1. The second-order valence-electron chi connectivity index (χ2n) is 15.8. The van der Waals surface area contributed by atoms with Gasteiger partial charge in [-0.3, -0.25) is 25.2 Å². The number of sulfonamides is 1. The van der Waals surface area contributed by atoms with E-state index in [2.05, 4.69) is 41.7 Å². The lowest BCUT2D eigenvalue weighted by Crippen LogP contribution is -2.46. The van der Waals surface area contributed by atoms with Crippen molar-refractivity contribution < 1.29 is 36.8 Å². The van der Waals surface area contributed by atoms with Crippen LogP contribution in [0.15, 0.2) is 141 Å². The molecule has 0 unspecified atom stereocenters. The first-order valence-electron chi connectivity index (χ1n) is 21.1. The monoisotopic (exact) mass is 881 g/mol. The molecule has 7 aromatic rings. The van der Waals surface area contributed by atoms with Crippen LogP contribution in [0.25, 0.3) is 33.9 Å². The zero-order chi connectivity index (χ0) is 44.0. The van der Waals surface area contributed by atoms with E-state index in [9.17, 15) is 23.2 Å². The van der Waals surface area contributed by atoms with Gasteiger partial charge in [0.25, 0.3) is 21.8 Å². The molecule has 16 heteroatoms. The number of oxazole rings is 1. The van der Waals surface area contributed by atoms with Crippen LogP contribution in [0, 0.1) is 5.92 Å². The molecule has 2 amide bonds. The molecule has 2 aliphatic rings. The predicted octanol–water partition coefficient (Wildman–Crippen LogP) is 8.09. The maximum Gasteiger partial charge on any atom is 0.291 e. The van der Waals surface area contributed by atoms with Crippen LogP contribution >= 0.6 is 0 Å². The average molecular weight is 882 g/mol. The summed E-state index contributed by atoms with van der Waals surface area (Å²) >= 11 is 0. The fraction of sp³-hybridized carbons (Fsp3) is 0.229. The number of nitrogens with zero attached hydrogens (tertiary/aromatic N) is 3. The highest BCUT2D eigenvalue weighted by Gasteiger charge is 2.24. The Kier molecular flexibility index (Phi) is 12.4. The van der Waals surface area contributed by atoms with Gasteiger partial charge in [-0.2, -0.15) is 0 Å². The highest BCUT2D eigenvalue weighted by molar-refractivity contribution is 7.90. The van der Waals surface area contributed by atoms with Gasteiger partial charge < -0.3 is 29.1 Å². The molecule has 2 aromatic heterocycles. The normalized spacial score (nSPS) is 14.9. The number of carbonyl (C=O) groups is 2. The van der Waals surface area contributed by atoms with Gasteiger partial charge in [-0.1, -0.05) is 42.5 Å². The zero-order valence-corrected chi connectivity index (χ0v) is 35.6. The van der Waals surface area contributed by atoms with E-state index in [4.69, 9.17) is 13.6 Å². The number of rotatable bonds is 14. The van der Waals surface area contributed by atoms with Crippen molar-refractivity contribution >= 4 is 55.7 Å². The van der Waals surface area contributed by atoms with Crippen LogP contribution in [0.5, 0.6) is 0 Å². The summed E-state index contributed by atoms with van der Waals surface area (Å²) < 4.78 is 46.0. The van der Waals surface area contributed by atoms with Gasteiger partial charge in [0.15, 0.2) is 11.3 Å². The minimum Gasteiger partial charge on any atom is -0.451 e. The molecule has 0 aliphatic carbocycles. The van der Waals surface area contributed by atoms with Crippen LogP contribution in [0.1, 0.15) is 39.3 Å². The molecule has 15 nitrogen and oxygen atoms in total. The van der Waals surface area contributed by atoms with E-state index in [1.807, 2.05) is 66.7 Å². The summed E-state index contributed by atoms with van der Waals surface area (Å²) in [5.74, 6) is 0.551. The number of hydrogen-bond acceptors (Lipinski definition) is 13. The summed E-state index contributed by atoms with van der Waals surface area (Å²) in [5, 5.41) is 15.9. The lowest BCUT2D eigenvalue weighted by molar-refractivity contribution is 0.0699. The smallest absolute Gasteiger partial charge is 0.291 e. The Hall–Kier alpha value is -6.98. The number of aromatic nitrogens is 1. The third-order valence-corrected chi connectivity index (χ3v) is 12.9. The molecule has 0 radical (unpaired) electrons. The second kappa shape index (κ2) is 18.8. The van der Waals surface area contributed by atoms with Gasteiger partial charge in [-0.25, -0.2) is 18.1 Å². The maximum atomic E-state index is 13.3. The van der Waals surface area contributed by atoms with E-state index in [1.54, 1.807) is 42.5 Å². The van der Waals surface area contributed by atoms with Gasteiger partial charge in [0, 0.05) is 80.5 Å². The third kappa shape index (κ3) is 9.65. The number of furan rings is 1. The van der Waals surface area contributed by atoms with Crippen LogP contribution in [0.2, 0.25) is 0 Å². The Morgan fingerprint density at radius 1 is 0.766 bits per heavy atom. The lowest BCUT2D eigenvalue weighted by atomic mass is 10.0. The molecular formula is C48H47N7O8S. The number of amides is 2. The largest absolute Gasteiger partial charge is 0.451 e. The number of fused-ring (bicyclic) bond motifs is 1. The summed E-state index contributed by atoms with van der Waals surface area (Å²) in [4.78, 5) is 35.4. The van der Waals surface area contributed by atoms with Gasteiger partial charge in [-0.15, -0.1) is 0 Å². The Bertz CT molecular complexity index is 2870. The molecule has 4 heterocycles. The van der Waals surface area contributed by atoms with E-state index < -0.39 is 15.9 Å². The summed E-state index contributed by atoms with van der Waals surface area (Å²) in [6.07, 6.45) is 1.84. The van der Waals surface area contributed by atoms with Crippen molar-refractivity contribution in [1.29, 1.82) is 0 Å². The Labute approximate surface area is 370 Å². The van der Waals surface area contributed by atoms with E-state index in [0.717, 1.165) is 61.4 Å². The summed E-state index contributed by atoms with van der Waals surface area (Å²) in [6.45, 7) is 5.77. The Morgan fingerprint density at radius 2 is 1.53 bits per heavy atom. The van der Waals surface area contributed by atoms with Crippen LogP contribution < -0.4 is 25.7 Å². The first-order valence-corrected chi connectivity index (χ1v) is 22.6. The minimum atomic E-state index is -4.24. The van der Waals surface area contributed by atoms with Crippen molar-refractivity contribution in [2.24, 2.45) is 5.92 Å². The van der Waals surface area contributed by atoms with Gasteiger partial charge in [0.2, 0.25) is 5.89 Å². The number of nitrogens with one attached hydrogen (secondary N) is 4. The molecule has 0 spiro atoms. The molecule has 328 valence electrons. The first kappa shape index (κ1) is 42.3. The van der Waals surface area contributed by atoms with E-state index in [-0.39, 0.29) is 27.8 Å². The fourth-order valence-corrected chi connectivity index (χ4v) is 9.02. The van der Waals surface area contributed by atoms with Gasteiger partial charge in [0.1, 0.15) is 11.3 Å². The quantitative estimate of drug-likeness (QED) is 0.0660. The summed E-state index contributed by atoms with van der Waals surface area (Å²) in [6, 6.07) is 37.5. The molecule has 0 saturated carbocycles. The molecule has 5 N–H and O–H groups in total. The van der Waals surface area contributed by atoms with Crippen molar-refractivity contribution in [2.75, 3.05) is 67.0 Å².